The highest BCUT2D eigenvalue weighted by molar-refractivity contribution is 6.33. The SMILES string of the molecule is O=C(c1cc(O)ccc1Cl)N1CCCN(CCCl)CC1. The summed E-state index contributed by atoms with van der Waals surface area (Å²) in [5.74, 6) is 0.529. The lowest BCUT2D eigenvalue weighted by Crippen LogP contribution is -2.35. The van der Waals surface area contributed by atoms with Crippen molar-refractivity contribution >= 4 is 29.1 Å². The molecule has 4 nitrogen and oxygen atoms in total. The molecule has 20 heavy (non-hydrogen) atoms. The van der Waals surface area contributed by atoms with Gasteiger partial charge in [0.05, 0.1) is 10.6 Å². The Balaban J connectivity index is 2.07. The summed E-state index contributed by atoms with van der Waals surface area (Å²) in [6.45, 7) is 3.96. The predicted octanol–water partition coefficient (Wildman–Crippen LogP) is 2.43. The van der Waals surface area contributed by atoms with Gasteiger partial charge in [-0.05, 0) is 31.2 Å². The van der Waals surface area contributed by atoms with E-state index in [0.717, 1.165) is 26.1 Å². The molecule has 1 fully saturated rings. The maximum absolute atomic E-state index is 12.5. The van der Waals surface area contributed by atoms with Crippen LogP contribution in [-0.4, -0.2) is 59.4 Å². The van der Waals surface area contributed by atoms with Crippen molar-refractivity contribution in [2.45, 2.75) is 6.42 Å². The first-order valence-corrected chi connectivity index (χ1v) is 7.59. The maximum Gasteiger partial charge on any atom is 0.255 e. The Labute approximate surface area is 128 Å². The van der Waals surface area contributed by atoms with Gasteiger partial charge in [-0.3, -0.25) is 4.79 Å². The first-order valence-electron chi connectivity index (χ1n) is 6.68. The first-order chi connectivity index (χ1) is 9.61. The second-order valence-electron chi connectivity index (χ2n) is 4.84. The molecular formula is C14H18Cl2N2O2. The molecule has 0 saturated carbocycles. The van der Waals surface area contributed by atoms with E-state index in [1.165, 1.54) is 12.1 Å². The minimum absolute atomic E-state index is 0.0522. The van der Waals surface area contributed by atoms with E-state index in [-0.39, 0.29) is 11.7 Å². The normalized spacial score (nSPS) is 17.0. The monoisotopic (exact) mass is 316 g/mol. The van der Waals surface area contributed by atoms with Crippen molar-refractivity contribution in [2.75, 3.05) is 38.6 Å². The summed E-state index contributed by atoms with van der Waals surface area (Å²) < 4.78 is 0. The molecule has 0 atom stereocenters. The Kier molecular flexibility index (Phi) is 5.52. The summed E-state index contributed by atoms with van der Waals surface area (Å²) in [5, 5.41) is 9.87. The Morgan fingerprint density at radius 1 is 1.25 bits per heavy atom. The van der Waals surface area contributed by atoms with E-state index in [0.29, 0.717) is 29.6 Å². The number of halogens is 2. The Morgan fingerprint density at radius 2 is 2.05 bits per heavy atom. The van der Waals surface area contributed by atoms with Crippen molar-refractivity contribution in [2.24, 2.45) is 0 Å². The predicted molar refractivity (Wildman–Crippen MR) is 80.8 cm³/mol. The fourth-order valence-corrected chi connectivity index (χ4v) is 2.80. The van der Waals surface area contributed by atoms with Gasteiger partial charge >= 0.3 is 0 Å². The highest BCUT2D eigenvalue weighted by atomic mass is 35.5. The third-order valence-corrected chi connectivity index (χ3v) is 3.96. The Hall–Kier alpha value is -0.970. The number of hydrogen-bond acceptors (Lipinski definition) is 3. The number of phenols is 1. The molecule has 0 aliphatic carbocycles. The average molecular weight is 317 g/mol. The molecule has 1 aromatic rings. The lowest BCUT2D eigenvalue weighted by atomic mass is 10.2. The molecule has 0 aromatic heterocycles. The number of benzene rings is 1. The molecule has 6 heteroatoms. The number of hydrogen-bond donors (Lipinski definition) is 1. The topological polar surface area (TPSA) is 43.8 Å². The maximum atomic E-state index is 12.5. The molecular weight excluding hydrogens is 299 g/mol. The number of nitrogens with zero attached hydrogens (tertiary/aromatic N) is 2. The van der Waals surface area contributed by atoms with Crippen molar-refractivity contribution in [3.8, 4) is 5.75 Å². The zero-order chi connectivity index (χ0) is 14.5. The van der Waals surface area contributed by atoms with E-state index in [9.17, 15) is 9.90 Å². The van der Waals surface area contributed by atoms with E-state index >= 15 is 0 Å². The molecule has 0 spiro atoms. The molecule has 0 unspecified atom stereocenters. The highest BCUT2D eigenvalue weighted by Crippen LogP contribution is 2.23. The van der Waals surface area contributed by atoms with Gasteiger partial charge in [-0.2, -0.15) is 0 Å². The van der Waals surface area contributed by atoms with Gasteiger partial charge in [-0.15, -0.1) is 11.6 Å². The van der Waals surface area contributed by atoms with Gasteiger partial charge in [0.2, 0.25) is 0 Å². The fraction of sp³-hybridized carbons (Fsp3) is 0.500. The number of carbonyl (C=O) groups excluding carboxylic acids is 1. The summed E-state index contributed by atoms with van der Waals surface area (Å²) in [5.41, 5.74) is 0.359. The third kappa shape index (κ3) is 3.78. The minimum atomic E-state index is -0.126. The zero-order valence-electron chi connectivity index (χ0n) is 11.2. The second kappa shape index (κ2) is 7.16. The van der Waals surface area contributed by atoms with Crippen molar-refractivity contribution in [1.82, 2.24) is 9.80 Å². The lowest BCUT2D eigenvalue weighted by Gasteiger charge is -2.22. The molecule has 0 bridgehead atoms. The van der Waals surface area contributed by atoms with Crippen molar-refractivity contribution in [3.05, 3.63) is 28.8 Å². The molecule has 1 aliphatic rings. The van der Waals surface area contributed by atoms with Crippen LogP contribution in [0.5, 0.6) is 5.75 Å². The number of aromatic hydroxyl groups is 1. The molecule has 1 heterocycles. The van der Waals surface area contributed by atoms with Crippen molar-refractivity contribution < 1.29 is 9.90 Å². The number of amides is 1. The third-order valence-electron chi connectivity index (χ3n) is 3.46. The standard InChI is InChI=1S/C14H18Cl2N2O2/c15-4-7-17-5-1-6-18(9-8-17)14(20)12-10-11(19)2-3-13(12)16/h2-3,10,19H,1,4-9H2. The van der Waals surface area contributed by atoms with Crippen LogP contribution >= 0.6 is 23.2 Å². The fourth-order valence-electron chi connectivity index (χ4n) is 2.36. The number of carbonyl (C=O) groups is 1. The van der Waals surface area contributed by atoms with Crippen LogP contribution < -0.4 is 0 Å². The van der Waals surface area contributed by atoms with Gasteiger partial charge in [-0.25, -0.2) is 0 Å². The summed E-state index contributed by atoms with van der Waals surface area (Å²) in [7, 11) is 0. The molecule has 110 valence electrons. The molecule has 1 aromatic carbocycles. The van der Waals surface area contributed by atoms with E-state index in [1.807, 2.05) is 0 Å². The Bertz CT molecular complexity index is 482. The van der Waals surface area contributed by atoms with Crippen LogP contribution in [0.2, 0.25) is 5.02 Å². The molecule has 1 aliphatic heterocycles. The van der Waals surface area contributed by atoms with Gasteiger partial charge in [0.25, 0.3) is 5.91 Å². The van der Waals surface area contributed by atoms with Crippen molar-refractivity contribution in [3.63, 3.8) is 0 Å². The number of alkyl halides is 1. The average Bonchev–Trinajstić information content (AvgIpc) is 2.67. The van der Waals surface area contributed by atoms with E-state index in [1.54, 1.807) is 11.0 Å². The minimum Gasteiger partial charge on any atom is -0.508 e. The quantitative estimate of drug-likeness (QED) is 0.871. The molecule has 1 saturated heterocycles. The molecule has 1 amide bonds. The van der Waals surface area contributed by atoms with Crippen LogP contribution in [0.3, 0.4) is 0 Å². The first kappa shape index (κ1) is 15.4. The van der Waals surface area contributed by atoms with Gasteiger partial charge < -0.3 is 14.9 Å². The summed E-state index contributed by atoms with van der Waals surface area (Å²) in [6.07, 6.45) is 0.916. The van der Waals surface area contributed by atoms with Crippen LogP contribution in [0.1, 0.15) is 16.8 Å². The summed E-state index contributed by atoms with van der Waals surface area (Å²) in [6, 6.07) is 4.44. The van der Waals surface area contributed by atoms with Crippen LogP contribution in [0, 0.1) is 0 Å². The largest absolute Gasteiger partial charge is 0.508 e. The van der Waals surface area contributed by atoms with E-state index in [4.69, 9.17) is 23.2 Å². The van der Waals surface area contributed by atoms with E-state index in [2.05, 4.69) is 4.90 Å². The van der Waals surface area contributed by atoms with Crippen LogP contribution in [-0.2, 0) is 0 Å². The summed E-state index contributed by atoms with van der Waals surface area (Å²) in [4.78, 5) is 16.5. The van der Waals surface area contributed by atoms with Crippen LogP contribution in [0.15, 0.2) is 18.2 Å². The van der Waals surface area contributed by atoms with Gasteiger partial charge in [0.15, 0.2) is 0 Å². The molecule has 0 radical (unpaired) electrons. The van der Waals surface area contributed by atoms with E-state index < -0.39 is 0 Å². The number of rotatable bonds is 3. The lowest BCUT2D eigenvalue weighted by molar-refractivity contribution is 0.0761. The van der Waals surface area contributed by atoms with Crippen LogP contribution in [0.25, 0.3) is 0 Å². The second-order valence-corrected chi connectivity index (χ2v) is 5.63. The van der Waals surface area contributed by atoms with Gasteiger partial charge in [0.1, 0.15) is 5.75 Å². The number of phenolic OH excluding ortho intramolecular Hbond substituents is 1. The molecule has 1 N–H and O–H groups in total. The highest BCUT2D eigenvalue weighted by Gasteiger charge is 2.22. The summed E-state index contributed by atoms with van der Waals surface area (Å²) >= 11 is 11.8. The zero-order valence-corrected chi connectivity index (χ0v) is 12.7. The van der Waals surface area contributed by atoms with Crippen molar-refractivity contribution in [1.29, 1.82) is 0 Å². The smallest absolute Gasteiger partial charge is 0.255 e. The van der Waals surface area contributed by atoms with Gasteiger partial charge in [-0.1, -0.05) is 11.6 Å². The molecule has 2 rings (SSSR count). The van der Waals surface area contributed by atoms with Gasteiger partial charge in [0, 0.05) is 32.1 Å². The van der Waals surface area contributed by atoms with Crippen LogP contribution in [0.4, 0.5) is 0 Å². The Morgan fingerprint density at radius 3 is 2.80 bits per heavy atom.